The average Bonchev–Trinajstić information content (AvgIpc) is 2.05. The molecule has 0 fully saturated rings. The molecule has 0 aliphatic heterocycles. The van der Waals surface area contributed by atoms with Crippen LogP contribution in [0.5, 0.6) is 5.75 Å². The summed E-state index contributed by atoms with van der Waals surface area (Å²) in [5.41, 5.74) is 4.79. The molecule has 1 rings (SSSR count). The Balaban J connectivity index is 3.17. The molecule has 0 atom stereocenters. The maximum absolute atomic E-state index is 10.9. The van der Waals surface area contributed by atoms with Gasteiger partial charge < -0.3 is 15.7 Å². The predicted molar refractivity (Wildman–Crippen MR) is 40.5 cm³/mol. The summed E-state index contributed by atoms with van der Waals surface area (Å²) in [6.07, 6.45) is 1.17. The molecule has 2 N–H and O–H groups in total. The van der Waals surface area contributed by atoms with Crippen molar-refractivity contribution in [1.29, 1.82) is 0 Å². The van der Waals surface area contributed by atoms with Gasteiger partial charge in [0.25, 0.3) is 5.69 Å². The SMILES string of the molecule is COc1cc[n+]([O-])c(C(N)=O)c1. The predicted octanol–water partition coefficient (Wildman–Crippen LogP) is -0.573. The maximum atomic E-state index is 10.9. The van der Waals surface area contributed by atoms with Crippen LogP contribution in [0.3, 0.4) is 0 Å². The number of carbonyl (C=O) groups is 1. The second-order valence-corrected chi connectivity index (χ2v) is 2.14. The Morgan fingerprint density at radius 2 is 2.42 bits per heavy atom. The van der Waals surface area contributed by atoms with E-state index >= 15 is 0 Å². The van der Waals surface area contributed by atoms with Gasteiger partial charge in [-0.2, -0.15) is 4.73 Å². The molecule has 1 aromatic heterocycles. The highest BCUT2D eigenvalue weighted by Gasteiger charge is 2.12. The molecule has 64 valence electrons. The third-order valence-corrected chi connectivity index (χ3v) is 1.38. The standard InChI is InChI=1S/C7H8N2O3/c1-12-5-2-3-9(11)6(4-5)7(8)10/h2-4H,1H3,(H2,8,10). The van der Waals surface area contributed by atoms with Crippen molar-refractivity contribution in [3.63, 3.8) is 0 Å². The lowest BCUT2D eigenvalue weighted by Gasteiger charge is -2.02. The van der Waals surface area contributed by atoms with Crippen molar-refractivity contribution in [2.45, 2.75) is 0 Å². The van der Waals surface area contributed by atoms with Gasteiger partial charge >= 0.3 is 5.91 Å². The molecule has 0 radical (unpaired) electrons. The fraction of sp³-hybridized carbons (Fsp3) is 0.143. The highest BCUT2D eigenvalue weighted by Crippen LogP contribution is 2.07. The summed E-state index contributed by atoms with van der Waals surface area (Å²) in [5, 5.41) is 10.9. The molecule has 1 aromatic rings. The molecular weight excluding hydrogens is 160 g/mol. The summed E-state index contributed by atoms with van der Waals surface area (Å²) < 4.78 is 5.19. The van der Waals surface area contributed by atoms with E-state index in [4.69, 9.17) is 10.5 Å². The Kier molecular flexibility index (Phi) is 2.14. The Bertz CT molecular complexity index is 312. The fourth-order valence-electron chi connectivity index (χ4n) is 0.775. The van der Waals surface area contributed by atoms with E-state index in [0.29, 0.717) is 10.5 Å². The van der Waals surface area contributed by atoms with E-state index in [1.54, 1.807) is 0 Å². The molecule has 0 aliphatic carbocycles. The van der Waals surface area contributed by atoms with Crippen LogP contribution in [0.2, 0.25) is 0 Å². The van der Waals surface area contributed by atoms with E-state index in [1.165, 1.54) is 25.4 Å². The molecular formula is C7H8N2O3. The largest absolute Gasteiger partial charge is 0.618 e. The Morgan fingerprint density at radius 1 is 1.75 bits per heavy atom. The van der Waals surface area contributed by atoms with E-state index < -0.39 is 5.91 Å². The van der Waals surface area contributed by atoms with Gasteiger partial charge in [0.2, 0.25) is 0 Å². The second-order valence-electron chi connectivity index (χ2n) is 2.14. The number of rotatable bonds is 2. The zero-order chi connectivity index (χ0) is 9.14. The minimum Gasteiger partial charge on any atom is -0.618 e. The smallest absolute Gasteiger partial charge is 0.314 e. The maximum Gasteiger partial charge on any atom is 0.314 e. The first kappa shape index (κ1) is 8.32. The summed E-state index contributed by atoms with van der Waals surface area (Å²) in [4.78, 5) is 10.6. The van der Waals surface area contributed by atoms with E-state index in [1.807, 2.05) is 0 Å². The van der Waals surface area contributed by atoms with Crippen molar-refractivity contribution in [1.82, 2.24) is 0 Å². The van der Waals surface area contributed by atoms with Crippen LogP contribution in [0.4, 0.5) is 0 Å². The molecule has 1 heterocycles. The number of methoxy groups -OCH3 is 1. The van der Waals surface area contributed by atoms with Gasteiger partial charge in [0, 0.05) is 6.07 Å². The molecule has 0 saturated carbocycles. The van der Waals surface area contributed by atoms with Gasteiger partial charge in [-0.1, -0.05) is 0 Å². The van der Waals surface area contributed by atoms with Crippen molar-refractivity contribution in [3.8, 4) is 5.75 Å². The van der Waals surface area contributed by atoms with Crippen molar-refractivity contribution in [2.24, 2.45) is 5.73 Å². The van der Waals surface area contributed by atoms with Gasteiger partial charge in [-0.15, -0.1) is 0 Å². The van der Waals surface area contributed by atoms with Gasteiger partial charge in [0.05, 0.1) is 13.2 Å². The van der Waals surface area contributed by atoms with Crippen molar-refractivity contribution in [3.05, 3.63) is 29.2 Å². The molecule has 5 nitrogen and oxygen atoms in total. The average molecular weight is 168 g/mol. The topological polar surface area (TPSA) is 79.3 Å². The zero-order valence-electron chi connectivity index (χ0n) is 6.48. The van der Waals surface area contributed by atoms with E-state index in [9.17, 15) is 10.0 Å². The lowest BCUT2D eigenvalue weighted by atomic mass is 10.3. The van der Waals surface area contributed by atoms with Crippen LogP contribution < -0.4 is 15.2 Å². The molecule has 12 heavy (non-hydrogen) atoms. The van der Waals surface area contributed by atoms with Gasteiger partial charge in [-0.25, -0.2) is 0 Å². The lowest BCUT2D eigenvalue weighted by molar-refractivity contribution is -0.607. The first-order valence-corrected chi connectivity index (χ1v) is 3.22. The number of nitrogens with two attached hydrogens (primary N) is 1. The minimum absolute atomic E-state index is 0.130. The number of pyridine rings is 1. The first-order valence-electron chi connectivity index (χ1n) is 3.22. The fourth-order valence-corrected chi connectivity index (χ4v) is 0.775. The number of ether oxygens (including phenoxy) is 1. The number of hydrogen-bond donors (Lipinski definition) is 1. The number of hydrogen-bond acceptors (Lipinski definition) is 3. The van der Waals surface area contributed by atoms with Crippen LogP contribution in [0.1, 0.15) is 10.5 Å². The van der Waals surface area contributed by atoms with Crippen LogP contribution in [-0.4, -0.2) is 13.0 Å². The van der Waals surface area contributed by atoms with Crippen molar-refractivity contribution < 1.29 is 14.3 Å². The Labute approximate surface area is 69.0 Å². The number of amides is 1. The second kappa shape index (κ2) is 3.08. The number of carbonyl (C=O) groups excluding carboxylic acids is 1. The monoisotopic (exact) mass is 168 g/mol. The van der Waals surface area contributed by atoms with Crippen LogP contribution >= 0.6 is 0 Å². The zero-order valence-corrected chi connectivity index (χ0v) is 6.48. The van der Waals surface area contributed by atoms with Crippen LogP contribution in [0.25, 0.3) is 0 Å². The molecule has 0 bridgehead atoms. The number of aromatic nitrogens is 1. The van der Waals surface area contributed by atoms with E-state index in [2.05, 4.69) is 0 Å². The minimum atomic E-state index is -0.774. The third-order valence-electron chi connectivity index (χ3n) is 1.38. The van der Waals surface area contributed by atoms with Crippen LogP contribution in [-0.2, 0) is 0 Å². The third kappa shape index (κ3) is 1.45. The van der Waals surface area contributed by atoms with Gasteiger partial charge in [-0.05, 0) is 0 Å². The molecule has 0 unspecified atom stereocenters. The molecule has 0 aliphatic rings. The number of primary amides is 1. The molecule has 0 spiro atoms. The Morgan fingerprint density at radius 3 is 2.92 bits per heavy atom. The van der Waals surface area contributed by atoms with Gasteiger partial charge in [-0.3, -0.25) is 4.79 Å². The van der Waals surface area contributed by atoms with Gasteiger partial charge in [0.15, 0.2) is 6.20 Å². The van der Waals surface area contributed by atoms with Crippen LogP contribution in [0.15, 0.2) is 18.3 Å². The quantitative estimate of drug-likeness (QED) is 0.474. The van der Waals surface area contributed by atoms with Crippen LogP contribution in [0, 0.1) is 5.21 Å². The van der Waals surface area contributed by atoms with Gasteiger partial charge in [0.1, 0.15) is 5.75 Å². The number of nitrogens with zero attached hydrogens (tertiary/aromatic N) is 1. The molecule has 5 heteroatoms. The summed E-state index contributed by atoms with van der Waals surface area (Å²) in [6.45, 7) is 0. The molecule has 1 amide bonds. The summed E-state index contributed by atoms with van der Waals surface area (Å²) >= 11 is 0. The van der Waals surface area contributed by atoms with E-state index in [-0.39, 0.29) is 5.69 Å². The van der Waals surface area contributed by atoms with Crippen molar-refractivity contribution >= 4 is 5.91 Å². The highest BCUT2D eigenvalue weighted by atomic mass is 16.5. The summed E-state index contributed by atoms with van der Waals surface area (Å²) in [7, 11) is 1.44. The van der Waals surface area contributed by atoms with E-state index in [0.717, 1.165) is 0 Å². The highest BCUT2D eigenvalue weighted by molar-refractivity contribution is 5.89. The lowest BCUT2D eigenvalue weighted by Crippen LogP contribution is -2.36. The normalized spacial score (nSPS) is 9.42. The Hall–Kier alpha value is -1.78. The molecule has 0 saturated heterocycles. The first-order chi connectivity index (χ1) is 5.65. The van der Waals surface area contributed by atoms with Crippen molar-refractivity contribution in [2.75, 3.05) is 7.11 Å². The summed E-state index contributed by atoms with van der Waals surface area (Å²) in [5.74, 6) is -0.347. The summed E-state index contributed by atoms with van der Waals surface area (Å²) in [6, 6.07) is 2.73. The molecule has 0 aromatic carbocycles.